The van der Waals surface area contributed by atoms with Crippen LogP contribution in [0.25, 0.3) is 0 Å². The molecule has 0 atom stereocenters. The van der Waals surface area contributed by atoms with Crippen LogP contribution in [-0.4, -0.2) is 13.6 Å². The van der Waals surface area contributed by atoms with E-state index in [9.17, 15) is 0 Å². The molecule has 0 aromatic rings. The van der Waals surface area contributed by atoms with Crippen molar-refractivity contribution in [1.29, 1.82) is 0 Å². The van der Waals surface area contributed by atoms with E-state index in [-0.39, 0.29) is 0 Å². The lowest BCUT2D eigenvalue weighted by Gasteiger charge is -1.89. The number of nitrogens with zero attached hydrogens (tertiary/aromatic N) is 1. The van der Waals surface area contributed by atoms with Gasteiger partial charge in [0.25, 0.3) is 0 Å². The van der Waals surface area contributed by atoms with Gasteiger partial charge in [0.15, 0.2) is 7.05 Å². The molecule has 0 aliphatic heterocycles. The second-order valence-electron chi connectivity index (χ2n) is 1.96. The lowest BCUT2D eigenvalue weighted by Crippen LogP contribution is -2.59. The Morgan fingerprint density at radius 1 is 1.57 bits per heavy atom. The summed E-state index contributed by atoms with van der Waals surface area (Å²) in [5, 5.41) is 6.65. The van der Waals surface area contributed by atoms with Gasteiger partial charge in [0.05, 0.1) is 0 Å². The lowest BCUT2D eigenvalue weighted by molar-refractivity contribution is -0.501. The Hall–Kier alpha value is -0.400. The highest BCUT2D eigenvalue weighted by Gasteiger charge is 1.88. The molecule has 0 spiro atoms. The van der Waals surface area contributed by atoms with Crippen LogP contribution in [0.15, 0.2) is 5.11 Å². The van der Waals surface area contributed by atoms with Crippen LogP contribution in [-0.2, 0) is 0 Å². The fourth-order valence-corrected chi connectivity index (χ4v) is 0.274. The highest BCUT2D eigenvalue weighted by Crippen LogP contribution is 1.87. The molecule has 2 nitrogen and oxygen atoms in total. The third-order valence-electron chi connectivity index (χ3n) is 0.615. The first kappa shape index (κ1) is 6.60. The van der Waals surface area contributed by atoms with Crippen LogP contribution in [0, 0.1) is 5.92 Å². The minimum absolute atomic E-state index is 0.674. The van der Waals surface area contributed by atoms with Gasteiger partial charge in [-0.05, 0) is 11.0 Å². The average Bonchev–Trinajstić information content (AvgIpc) is 1.61. The summed E-state index contributed by atoms with van der Waals surface area (Å²) in [5.74, 6) is 0.674. The summed E-state index contributed by atoms with van der Waals surface area (Å²) in [6, 6.07) is 0. The molecule has 0 saturated heterocycles. The first-order valence-electron chi connectivity index (χ1n) is 2.60. The van der Waals surface area contributed by atoms with Crippen molar-refractivity contribution in [3.63, 3.8) is 0 Å². The molecule has 0 heterocycles. The summed E-state index contributed by atoms with van der Waals surface area (Å²) >= 11 is 0. The van der Waals surface area contributed by atoms with Crippen LogP contribution < -0.4 is 5.11 Å². The van der Waals surface area contributed by atoms with Crippen LogP contribution in [0.3, 0.4) is 0 Å². The van der Waals surface area contributed by atoms with Crippen LogP contribution in [0.2, 0.25) is 0 Å². The van der Waals surface area contributed by atoms with Crippen LogP contribution in [0.5, 0.6) is 0 Å². The fourth-order valence-electron chi connectivity index (χ4n) is 0.274. The molecule has 1 N–H and O–H groups in total. The van der Waals surface area contributed by atoms with Crippen LogP contribution in [0.4, 0.5) is 0 Å². The molecule has 0 bridgehead atoms. The Bertz CT molecular complexity index is 57.1. The monoisotopic (exact) mass is 101 g/mol. The van der Waals surface area contributed by atoms with Gasteiger partial charge < -0.3 is 0 Å². The van der Waals surface area contributed by atoms with Gasteiger partial charge in [0, 0.05) is 0 Å². The van der Waals surface area contributed by atoms with Gasteiger partial charge in [-0.25, -0.2) is 0 Å². The average molecular weight is 101 g/mol. The standard InChI is InChI=1S/C5H12N2/c1-5(2)4-7-6-3/h5H,4H2,1-3H3/p+1. The van der Waals surface area contributed by atoms with Crippen molar-refractivity contribution in [3.8, 4) is 0 Å². The van der Waals surface area contributed by atoms with Gasteiger partial charge in [-0.3, -0.25) is 0 Å². The highest BCUT2D eigenvalue weighted by atomic mass is 15.1. The molecule has 0 saturated carbocycles. The smallest absolute Gasteiger partial charge is 0.145 e. The van der Waals surface area contributed by atoms with Gasteiger partial charge in [0.2, 0.25) is 0 Å². The van der Waals surface area contributed by atoms with E-state index in [0.29, 0.717) is 5.92 Å². The summed E-state index contributed by atoms with van der Waals surface area (Å²) in [5.41, 5.74) is 0. The van der Waals surface area contributed by atoms with Gasteiger partial charge >= 0.3 is 0 Å². The Labute approximate surface area is 44.6 Å². The molecule has 0 aliphatic carbocycles. The first-order valence-corrected chi connectivity index (χ1v) is 2.60. The van der Waals surface area contributed by atoms with E-state index in [0.717, 1.165) is 6.54 Å². The quantitative estimate of drug-likeness (QED) is 0.466. The molecule has 42 valence electrons. The van der Waals surface area contributed by atoms with E-state index < -0.39 is 0 Å². The largest absolute Gasteiger partial charge is 0.155 e. The van der Waals surface area contributed by atoms with E-state index in [2.05, 4.69) is 24.1 Å². The maximum atomic E-state index is 3.92. The molecule has 7 heavy (non-hydrogen) atoms. The molecule has 0 aliphatic rings. The molecule has 0 rings (SSSR count). The Morgan fingerprint density at radius 2 is 2.14 bits per heavy atom. The minimum atomic E-state index is 0.674. The molecule has 0 radical (unpaired) electrons. The zero-order chi connectivity index (χ0) is 5.70. The minimum Gasteiger partial charge on any atom is -0.145 e. The molecular formula is C5H13N2+. The number of hydrogen-bond donors (Lipinski definition) is 1. The van der Waals surface area contributed by atoms with E-state index in [1.807, 2.05) is 7.05 Å². The van der Waals surface area contributed by atoms with E-state index in [1.165, 1.54) is 0 Å². The Morgan fingerprint density at radius 3 is 2.29 bits per heavy atom. The third-order valence-corrected chi connectivity index (χ3v) is 0.615. The normalized spacial score (nSPS) is 11.4. The van der Waals surface area contributed by atoms with Crippen LogP contribution >= 0.6 is 0 Å². The van der Waals surface area contributed by atoms with Crippen molar-refractivity contribution in [2.45, 2.75) is 13.8 Å². The maximum Gasteiger partial charge on any atom is 0.155 e. The third kappa shape index (κ3) is 5.60. The topological polar surface area (TPSA) is 26.3 Å². The molecule has 0 aromatic heterocycles. The van der Waals surface area contributed by atoms with Crippen molar-refractivity contribution in [3.05, 3.63) is 0 Å². The zero-order valence-corrected chi connectivity index (χ0v) is 5.23. The molecule has 0 amide bonds. The van der Waals surface area contributed by atoms with E-state index in [1.54, 1.807) is 0 Å². The summed E-state index contributed by atoms with van der Waals surface area (Å²) in [4.78, 5) is 0. The predicted molar refractivity (Wildman–Crippen MR) is 29.0 cm³/mol. The number of nitrogens with one attached hydrogen (secondary N) is 1. The second-order valence-corrected chi connectivity index (χ2v) is 1.96. The molecule has 0 aromatic carbocycles. The van der Waals surface area contributed by atoms with Gasteiger partial charge in [0.1, 0.15) is 6.54 Å². The van der Waals surface area contributed by atoms with E-state index >= 15 is 0 Å². The second kappa shape index (κ2) is 3.78. The Balaban J connectivity index is 2.97. The number of hydrogen-bond acceptors (Lipinski definition) is 1. The van der Waals surface area contributed by atoms with Crippen molar-refractivity contribution in [2.24, 2.45) is 11.0 Å². The first-order chi connectivity index (χ1) is 3.27. The fraction of sp³-hybridized carbons (Fsp3) is 1.00. The van der Waals surface area contributed by atoms with Crippen molar-refractivity contribution in [2.75, 3.05) is 13.6 Å². The van der Waals surface area contributed by atoms with Gasteiger partial charge in [-0.1, -0.05) is 13.8 Å². The van der Waals surface area contributed by atoms with Crippen LogP contribution in [0.1, 0.15) is 13.8 Å². The van der Waals surface area contributed by atoms with Crippen molar-refractivity contribution in [1.82, 2.24) is 0 Å². The molecule has 0 unspecified atom stereocenters. The number of azo groups is 1. The summed E-state index contributed by atoms with van der Waals surface area (Å²) in [6.07, 6.45) is 0. The molecular weight excluding hydrogens is 88.1 g/mol. The SMILES string of the molecule is C[NH+]=NCC(C)C. The Kier molecular flexibility index (Phi) is 3.56. The summed E-state index contributed by atoms with van der Waals surface area (Å²) in [6.45, 7) is 5.19. The molecule has 2 heteroatoms. The van der Waals surface area contributed by atoms with Gasteiger partial charge in [-0.2, -0.15) is 0 Å². The highest BCUT2D eigenvalue weighted by molar-refractivity contribution is 4.40. The molecule has 0 fully saturated rings. The van der Waals surface area contributed by atoms with E-state index in [4.69, 9.17) is 0 Å². The predicted octanol–water partition coefficient (Wildman–Crippen LogP) is -0.195. The van der Waals surface area contributed by atoms with Crippen molar-refractivity contribution < 1.29 is 5.11 Å². The van der Waals surface area contributed by atoms with Crippen molar-refractivity contribution >= 4 is 0 Å². The lowest BCUT2D eigenvalue weighted by atomic mass is 10.2. The summed E-state index contributed by atoms with van der Waals surface area (Å²) in [7, 11) is 1.82. The number of rotatable bonds is 2. The van der Waals surface area contributed by atoms with Gasteiger partial charge in [-0.15, -0.1) is 5.11 Å². The maximum absolute atomic E-state index is 3.92. The zero-order valence-electron chi connectivity index (χ0n) is 5.23. The summed E-state index contributed by atoms with van der Waals surface area (Å²) < 4.78 is 0.